The van der Waals surface area contributed by atoms with Gasteiger partial charge in [-0.3, -0.25) is 14.2 Å². The molecule has 0 bridgehead atoms. The molecule has 3 rings (SSSR count). The van der Waals surface area contributed by atoms with Gasteiger partial charge in [-0.25, -0.2) is 4.98 Å². The second-order valence-corrected chi connectivity index (χ2v) is 8.12. The number of thiophene rings is 1. The molecular weight excluding hydrogens is 398 g/mol. The van der Waals surface area contributed by atoms with Crippen molar-refractivity contribution in [3.05, 3.63) is 40.0 Å². The Bertz CT molecular complexity index is 1060. The Morgan fingerprint density at radius 3 is 2.71 bits per heavy atom. The van der Waals surface area contributed by atoms with Crippen molar-refractivity contribution in [2.45, 2.75) is 30.8 Å². The van der Waals surface area contributed by atoms with E-state index in [2.05, 4.69) is 10.3 Å². The van der Waals surface area contributed by atoms with Crippen molar-refractivity contribution in [3.63, 3.8) is 0 Å². The van der Waals surface area contributed by atoms with Gasteiger partial charge < -0.3 is 14.8 Å². The van der Waals surface area contributed by atoms with Gasteiger partial charge in [0.2, 0.25) is 5.91 Å². The van der Waals surface area contributed by atoms with Crippen molar-refractivity contribution in [2.24, 2.45) is 0 Å². The molecule has 1 amide bonds. The number of hydrogen-bond donors (Lipinski definition) is 1. The zero-order valence-corrected chi connectivity index (χ0v) is 17.6. The fraction of sp³-hybridized carbons (Fsp3) is 0.316. The van der Waals surface area contributed by atoms with Gasteiger partial charge in [-0.2, -0.15) is 0 Å². The molecule has 9 heteroatoms. The predicted molar refractivity (Wildman–Crippen MR) is 113 cm³/mol. The molecule has 3 aromatic rings. The van der Waals surface area contributed by atoms with Crippen LogP contribution in [-0.2, 0) is 11.3 Å². The van der Waals surface area contributed by atoms with Crippen molar-refractivity contribution < 1.29 is 14.3 Å². The predicted octanol–water partition coefficient (Wildman–Crippen LogP) is 3.61. The van der Waals surface area contributed by atoms with Crippen LogP contribution in [0.25, 0.3) is 10.2 Å². The molecule has 0 radical (unpaired) electrons. The monoisotopic (exact) mass is 419 g/mol. The standard InChI is InChI=1S/C19H21N3O4S2/c1-5-22-18(24)16-13(8-9-27-16)21-19(22)28-11(2)17(23)20-12-6-7-14(25-3)15(10-12)26-4/h6-11H,5H2,1-4H3,(H,20,23). The molecule has 1 N–H and O–H groups in total. The highest BCUT2D eigenvalue weighted by Crippen LogP contribution is 2.30. The van der Waals surface area contributed by atoms with E-state index >= 15 is 0 Å². The number of amides is 1. The Morgan fingerprint density at radius 2 is 2.04 bits per heavy atom. The zero-order chi connectivity index (χ0) is 20.3. The number of nitrogens with one attached hydrogen (secondary N) is 1. The van der Waals surface area contributed by atoms with Crippen LogP contribution in [0.2, 0.25) is 0 Å². The lowest BCUT2D eigenvalue weighted by Crippen LogP contribution is -2.26. The van der Waals surface area contributed by atoms with Gasteiger partial charge in [-0.05, 0) is 37.4 Å². The van der Waals surface area contributed by atoms with Crippen molar-refractivity contribution >= 4 is 44.9 Å². The minimum Gasteiger partial charge on any atom is -0.493 e. The summed E-state index contributed by atoms with van der Waals surface area (Å²) in [4.78, 5) is 29.8. The Labute approximate surface area is 170 Å². The highest BCUT2D eigenvalue weighted by atomic mass is 32.2. The van der Waals surface area contributed by atoms with Crippen LogP contribution in [0.5, 0.6) is 11.5 Å². The van der Waals surface area contributed by atoms with E-state index in [0.717, 1.165) is 0 Å². The van der Waals surface area contributed by atoms with E-state index in [1.165, 1.54) is 30.2 Å². The lowest BCUT2D eigenvalue weighted by molar-refractivity contribution is -0.115. The van der Waals surface area contributed by atoms with Gasteiger partial charge in [0.25, 0.3) is 5.56 Å². The summed E-state index contributed by atoms with van der Waals surface area (Å²) in [5, 5.41) is 4.80. The number of nitrogens with zero attached hydrogens (tertiary/aromatic N) is 2. The van der Waals surface area contributed by atoms with E-state index in [9.17, 15) is 9.59 Å². The normalized spacial score (nSPS) is 12.0. The van der Waals surface area contributed by atoms with Crippen LogP contribution < -0.4 is 20.3 Å². The average molecular weight is 420 g/mol. The van der Waals surface area contributed by atoms with Gasteiger partial charge >= 0.3 is 0 Å². The molecule has 0 saturated heterocycles. The van der Waals surface area contributed by atoms with Gasteiger partial charge in [0.1, 0.15) is 4.70 Å². The molecule has 2 heterocycles. The molecule has 1 aromatic carbocycles. The number of hydrogen-bond acceptors (Lipinski definition) is 7. The van der Waals surface area contributed by atoms with Crippen molar-refractivity contribution in [1.29, 1.82) is 0 Å². The van der Waals surface area contributed by atoms with Crippen LogP contribution in [0.3, 0.4) is 0 Å². The molecule has 0 aliphatic rings. The number of benzene rings is 1. The van der Waals surface area contributed by atoms with Gasteiger partial charge in [-0.15, -0.1) is 11.3 Å². The zero-order valence-electron chi connectivity index (χ0n) is 16.0. The number of methoxy groups -OCH3 is 2. The maximum Gasteiger partial charge on any atom is 0.272 e. The largest absolute Gasteiger partial charge is 0.493 e. The van der Waals surface area contributed by atoms with Crippen LogP contribution in [0.15, 0.2) is 39.6 Å². The third-order valence-corrected chi connectivity index (χ3v) is 6.13. The average Bonchev–Trinajstić information content (AvgIpc) is 3.16. The second kappa shape index (κ2) is 8.66. The number of thioether (sulfide) groups is 1. The molecule has 148 valence electrons. The molecular formula is C19H21N3O4S2. The summed E-state index contributed by atoms with van der Waals surface area (Å²) in [6.07, 6.45) is 0. The minimum atomic E-state index is -0.450. The van der Waals surface area contributed by atoms with E-state index in [0.29, 0.717) is 39.1 Å². The van der Waals surface area contributed by atoms with Crippen molar-refractivity contribution in [1.82, 2.24) is 9.55 Å². The molecule has 0 aliphatic carbocycles. The lowest BCUT2D eigenvalue weighted by Gasteiger charge is -2.15. The van der Waals surface area contributed by atoms with Crippen LogP contribution >= 0.6 is 23.1 Å². The maximum atomic E-state index is 12.7. The Morgan fingerprint density at radius 1 is 1.29 bits per heavy atom. The van der Waals surface area contributed by atoms with Gasteiger partial charge in [0.05, 0.1) is 25.0 Å². The molecule has 1 unspecified atom stereocenters. The van der Waals surface area contributed by atoms with E-state index in [-0.39, 0.29) is 11.5 Å². The summed E-state index contributed by atoms with van der Waals surface area (Å²) >= 11 is 2.64. The van der Waals surface area contributed by atoms with Gasteiger partial charge in [-0.1, -0.05) is 11.8 Å². The Balaban J connectivity index is 1.79. The molecule has 1 atom stereocenters. The topological polar surface area (TPSA) is 82.5 Å². The quantitative estimate of drug-likeness (QED) is 0.465. The third-order valence-electron chi connectivity index (χ3n) is 4.15. The summed E-state index contributed by atoms with van der Waals surface area (Å²) in [6.45, 7) is 4.16. The smallest absolute Gasteiger partial charge is 0.272 e. The summed E-state index contributed by atoms with van der Waals surface area (Å²) < 4.78 is 12.7. The van der Waals surface area contributed by atoms with Crippen LogP contribution in [0, 0.1) is 0 Å². The molecule has 7 nitrogen and oxygen atoms in total. The van der Waals surface area contributed by atoms with Crippen molar-refractivity contribution in [2.75, 3.05) is 19.5 Å². The van der Waals surface area contributed by atoms with Crippen LogP contribution in [0.4, 0.5) is 5.69 Å². The first-order valence-electron chi connectivity index (χ1n) is 8.66. The fourth-order valence-electron chi connectivity index (χ4n) is 2.66. The Kier molecular flexibility index (Phi) is 6.25. The summed E-state index contributed by atoms with van der Waals surface area (Å²) in [7, 11) is 3.09. The Hall–Kier alpha value is -2.52. The summed E-state index contributed by atoms with van der Waals surface area (Å²) in [5.74, 6) is 0.924. The number of anilines is 1. The van der Waals surface area contributed by atoms with E-state index in [4.69, 9.17) is 9.47 Å². The molecule has 0 fully saturated rings. The summed E-state index contributed by atoms with van der Waals surface area (Å²) in [6, 6.07) is 6.99. The SMILES string of the molecule is CCn1c(SC(C)C(=O)Nc2ccc(OC)c(OC)c2)nc2ccsc2c1=O. The summed E-state index contributed by atoms with van der Waals surface area (Å²) in [5.41, 5.74) is 1.19. The fourth-order valence-corrected chi connectivity index (χ4v) is 4.41. The highest BCUT2D eigenvalue weighted by molar-refractivity contribution is 8.00. The molecule has 0 aliphatic heterocycles. The second-order valence-electron chi connectivity index (χ2n) is 5.90. The number of fused-ring (bicyclic) bond motifs is 1. The molecule has 0 saturated carbocycles. The van der Waals surface area contributed by atoms with Crippen LogP contribution in [0.1, 0.15) is 13.8 Å². The molecule has 2 aromatic heterocycles. The maximum absolute atomic E-state index is 12.7. The third kappa shape index (κ3) is 4.00. The first-order chi connectivity index (χ1) is 13.5. The number of ether oxygens (including phenoxy) is 2. The first-order valence-corrected chi connectivity index (χ1v) is 10.4. The lowest BCUT2D eigenvalue weighted by atomic mass is 10.2. The number of carbonyl (C=O) groups is 1. The molecule has 28 heavy (non-hydrogen) atoms. The first kappa shape index (κ1) is 20.2. The molecule has 0 spiro atoms. The van der Waals surface area contributed by atoms with E-state index in [1.807, 2.05) is 18.4 Å². The van der Waals surface area contributed by atoms with Crippen molar-refractivity contribution in [3.8, 4) is 11.5 Å². The van der Waals surface area contributed by atoms with Gasteiger partial charge in [0.15, 0.2) is 16.7 Å². The van der Waals surface area contributed by atoms with E-state index in [1.54, 1.807) is 36.8 Å². The van der Waals surface area contributed by atoms with Crippen LogP contribution in [-0.4, -0.2) is 34.9 Å². The highest BCUT2D eigenvalue weighted by Gasteiger charge is 2.20. The number of aromatic nitrogens is 2. The van der Waals surface area contributed by atoms with E-state index < -0.39 is 5.25 Å². The minimum absolute atomic E-state index is 0.0718. The number of carbonyl (C=O) groups excluding carboxylic acids is 1. The number of rotatable bonds is 7. The van der Waals surface area contributed by atoms with Gasteiger partial charge in [0, 0.05) is 18.3 Å².